The van der Waals surface area contributed by atoms with E-state index in [4.69, 9.17) is 15.2 Å². The first-order valence-corrected chi connectivity index (χ1v) is 13.8. The number of benzene rings is 2. The van der Waals surface area contributed by atoms with E-state index in [1.165, 1.54) is 6.42 Å². The molecule has 6 rings (SSSR count). The molecule has 2 aromatic carbocycles. The second-order valence-electron chi connectivity index (χ2n) is 11.6. The van der Waals surface area contributed by atoms with Gasteiger partial charge >= 0.3 is 12.1 Å². The predicted molar refractivity (Wildman–Crippen MR) is 153 cm³/mol. The lowest BCUT2D eigenvalue weighted by molar-refractivity contribution is 0.0578. The Morgan fingerprint density at radius 2 is 1.77 bits per heavy atom. The number of hydrogen-bond acceptors (Lipinski definition) is 6. The first-order valence-electron chi connectivity index (χ1n) is 13.8. The average molecular weight is 526 g/mol. The van der Waals surface area contributed by atoms with E-state index >= 15 is 0 Å². The molecule has 0 atom stereocenters. The molecule has 2 saturated carbocycles. The second kappa shape index (κ2) is 9.91. The number of rotatable bonds is 7. The maximum absolute atomic E-state index is 13.1. The highest BCUT2D eigenvalue weighted by atomic mass is 16.6. The van der Waals surface area contributed by atoms with Gasteiger partial charge in [-0.3, -0.25) is 4.90 Å². The minimum Gasteiger partial charge on any atom is -0.443 e. The number of hydrogen-bond donors (Lipinski definition) is 1. The van der Waals surface area contributed by atoms with Crippen LogP contribution < -0.4 is 15.4 Å². The zero-order valence-corrected chi connectivity index (χ0v) is 22.8. The van der Waals surface area contributed by atoms with Crippen LogP contribution in [0.3, 0.4) is 0 Å². The van der Waals surface area contributed by atoms with Crippen molar-refractivity contribution in [3.05, 3.63) is 60.9 Å². The number of fused-ring (bicyclic) bond motifs is 1. The molecular weight excluding hydrogens is 490 g/mol. The van der Waals surface area contributed by atoms with Crippen molar-refractivity contribution in [1.29, 1.82) is 0 Å². The van der Waals surface area contributed by atoms with Gasteiger partial charge in [-0.2, -0.15) is 0 Å². The Morgan fingerprint density at radius 1 is 1.05 bits per heavy atom. The van der Waals surface area contributed by atoms with Gasteiger partial charge in [-0.1, -0.05) is 12.1 Å². The van der Waals surface area contributed by atoms with Crippen molar-refractivity contribution < 1.29 is 14.3 Å². The summed E-state index contributed by atoms with van der Waals surface area (Å²) in [6.07, 6.45) is 8.72. The maximum Gasteiger partial charge on any atom is 0.414 e. The van der Waals surface area contributed by atoms with Gasteiger partial charge in [-0.25, -0.2) is 14.8 Å². The Balaban J connectivity index is 1.36. The Labute approximate surface area is 228 Å². The molecule has 0 spiro atoms. The van der Waals surface area contributed by atoms with Crippen LogP contribution in [0.5, 0.6) is 11.8 Å². The van der Waals surface area contributed by atoms with Gasteiger partial charge in [0.2, 0.25) is 0 Å². The highest BCUT2D eigenvalue weighted by Gasteiger charge is 2.31. The van der Waals surface area contributed by atoms with Crippen molar-refractivity contribution >= 4 is 28.4 Å². The van der Waals surface area contributed by atoms with Crippen molar-refractivity contribution in [1.82, 2.24) is 14.5 Å². The largest absolute Gasteiger partial charge is 0.443 e. The molecule has 39 heavy (non-hydrogen) atoms. The van der Waals surface area contributed by atoms with Gasteiger partial charge in [0.25, 0.3) is 0 Å². The number of carbonyl (C=O) groups is 1. The van der Waals surface area contributed by atoms with Crippen molar-refractivity contribution in [2.75, 3.05) is 17.2 Å². The molecule has 1 amide bonds. The standard InChI is InChI=1S/C31H35N5O3/c1-31(2,3)39-30(37)35(19-20-8-9-20)22-12-10-21(11-13-22)28-27(32)25-15-14-24(38-29-33-16-5-17-34-29)18-26(25)36(28)23-6-4-7-23/h5,10-18,20,23H,4,6-9,19,32H2,1-3H3. The van der Waals surface area contributed by atoms with Crippen LogP contribution in [0.2, 0.25) is 0 Å². The first kappa shape index (κ1) is 25.2. The fourth-order valence-electron chi connectivity index (χ4n) is 5.10. The van der Waals surface area contributed by atoms with E-state index in [1.54, 1.807) is 23.4 Å². The van der Waals surface area contributed by atoms with Gasteiger partial charge in [0, 0.05) is 47.7 Å². The van der Waals surface area contributed by atoms with E-state index in [0.29, 0.717) is 30.3 Å². The molecule has 2 N–H and O–H groups in total. The minimum atomic E-state index is -0.549. The molecule has 2 aromatic heterocycles. The first-order chi connectivity index (χ1) is 18.8. The monoisotopic (exact) mass is 525 g/mol. The molecule has 2 aliphatic rings. The zero-order valence-electron chi connectivity index (χ0n) is 22.8. The number of nitrogens with two attached hydrogens (primary N) is 1. The van der Waals surface area contributed by atoms with Crippen LogP contribution in [0.1, 0.15) is 58.9 Å². The zero-order chi connectivity index (χ0) is 27.1. The van der Waals surface area contributed by atoms with Crippen molar-refractivity contribution in [3.8, 4) is 23.0 Å². The minimum absolute atomic E-state index is 0.305. The molecule has 0 aliphatic heterocycles. The topological polar surface area (TPSA) is 95.5 Å². The Kier molecular flexibility index (Phi) is 6.41. The lowest BCUT2D eigenvalue weighted by Crippen LogP contribution is -2.38. The fourth-order valence-corrected chi connectivity index (χ4v) is 5.10. The number of nitrogen functional groups attached to an aromatic ring is 1. The van der Waals surface area contributed by atoms with Crippen LogP contribution in [0.15, 0.2) is 60.9 Å². The van der Waals surface area contributed by atoms with Gasteiger partial charge in [0.1, 0.15) is 11.4 Å². The van der Waals surface area contributed by atoms with E-state index in [1.807, 2.05) is 51.1 Å². The number of nitrogens with zero attached hydrogens (tertiary/aromatic N) is 4. The van der Waals surface area contributed by atoms with E-state index in [0.717, 1.165) is 59.2 Å². The van der Waals surface area contributed by atoms with Gasteiger partial charge in [-0.05, 0) is 89.1 Å². The summed E-state index contributed by atoms with van der Waals surface area (Å²) in [5, 5.41) is 0.992. The Morgan fingerprint density at radius 3 is 2.38 bits per heavy atom. The summed E-state index contributed by atoms with van der Waals surface area (Å²) in [6.45, 7) is 6.37. The fraction of sp³-hybridized carbons (Fsp3) is 0.387. The third-order valence-corrected chi connectivity index (χ3v) is 7.41. The molecular formula is C31H35N5O3. The van der Waals surface area contributed by atoms with Crippen LogP contribution >= 0.6 is 0 Å². The quantitative estimate of drug-likeness (QED) is 0.271. The number of carbonyl (C=O) groups excluding carboxylic acids is 1. The van der Waals surface area contributed by atoms with Gasteiger partial charge < -0.3 is 19.8 Å². The molecule has 4 aromatic rings. The smallest absolute Gasteiger partial charge is 0.414 e. The summed E-state index contributed by atoms with van der Waals surface area (Å²) < 4.78 is 14.0. The van der Waals surface area contributed by atoms with E-state index < -0.39 is 5.60 Å². The number of amides is 1. The Hall–Kier alpha value is -4.07. The summed E-state index contributed by atoms with van der Waals surface area (Å²) >= 11 is 0. The summed E-state index contributed by atoms with van der Waals surface area (Å²) in [7, 11) is 0. The van der Waals surface area contributed by atoms with Gasteiger partial charge in [-0.15, -0.1) is 0 Å². The second-order valence-corrected chi connectivity index (χ2v) is 11.6. The summed E-state index contributed by atoms with van der Waals surface area (Å²) in [5.41, 5.74) is 10.9. The van der Waals surface area contributed by atoms with Crippen LogP contribution in [-0.2, 0) is 4.74 Å². The number of ether oxygens (including phenoxy) is 2. The van der Waals surface area contributed by atoms with Crippen LogP contribution in [0.25, 0.3) is 22.2 Å². The molecule has 2 aliphatic carbocycles. The van der Waals surface area contributed by atoms with Crippen LogP contribution in [-0.4, -0.2) is 32.8 Å². The number of aromatic nitrogens is 3. The highest BCUT2D eigenvalue weighted by Crippen LogP contribution is 2.45. The molecule has 0 unspecified atom stereocenters. The predicted octanol–water partition coefficient (Wildman–Crippen LogP) is 7.35. The molecule has 202 valence electrons. The molecule has 8 nitrogen and oxygen atoms in total. The summed E-state index contributed by atoms with van der Waals surface area (Å²) in [5.74, 6) is 1.20. The third-order valence-electron chi connectivity index (χ3n) is 7.41. The third kappa shape index (κ3) is 5.28. The maximum atomic E-state index is 13.1. The molecule has 8 heteroatoms. The van der Waals surface area contributed by atoms with Crippen LogP contribution in [0.4, 0.5) is 16.2 Å². The molecule has 0 bridgehead atoms. The van der Waals surface area contributed by atoms with Crippen LogP contribution in [0, 0.1) is 5.92 Å². The molecule has 0 radical (unpaired) electrons. The highest BCUT2D eigenvalue weighted by molar-refractivity contribution is 6.02. The number of anilines is 2. The lowest BCUT2D eigenvalue weighted by atomic mass is 9.92. The summed E-state index contributed by atoms with van der Waals surface area (Å²) in [6, 6.07) is 16.5. The molecule has 2 heterocycles. The normalized spacial score (nSPS) is 15.7. The van der Waals surface area contributed by atoms with Gasteiger partial charge in [0.05, 0.1) is 16.9 Å². The van der Waals surface area contributed by atoms with Crippen molar-refractivity contribution in [2.45, 2.75) is 64.5 Å². The lowest BCUT2D eigenvalue weighted by Gasteiger charge is -2.30. The van der Waals surface area contributed by atoms with Gasteiger partial charge in [0.15, 0.2) is 0 Å². The summed E-state index contributed by atoms with van der Waals surface area (Å²) in [4.78, 5) is 23.2. The average Bonchev–Trinajstić information content (AvgIpc) is 3.65. The molecule has 2 fully saturated rings. The van der Waals surface area contributed by atoms with Crippen molar-refractivity contribution in [2.24, 2.45) is 5.92 Å². The Bertz CT molecular complexity index is 1480. The van der Waals surface area contributed by atoms with E-state index in [-0.39, 0.29) is 6.09 Å². The van der Waals surface area contributed by atoms with E-state index in [9.17, 15) is 4.79 Å². The van der Waals surface area contributed by atoms with Crippen molar-refractivity contribution in [3.63, 3.8) is 0 Å². The SMILES string of the molecule is CC(C)(C)OC(=O)N(CC1CC1)c1ccc(-c2c(N)c3ccc(Oc4ncccn4)cc3n2C2CCC2)cc1. The van der Waals surface area contributed by atoms with E-state index in [2.05, 4.69) is 26.7 Å². The molecule has 0 saturated heterocycles.